The van der Waals surface area contributed by atoms with Crippen molar-refractivity contribution in [2.75, 3.05) is 5.01 Å². The summed E-state index contributed by atoms with van der Waals surface area (Å²) < 4.78 is 0. The Morgan fingerprint density at radius 2 is 1.50 bits per heavy atom. The fourth-order valence-electron chi connectivity index (χ4n) is 2.22. The molecule has 0 saturated carbocycles. The molecule has 0 amide bonds. The molecule has 0 heterocycles. The molecule has 22 heavy (non-hydrogen) atoms. The van der Waals surface area contributed by atoms with Crippen LogP contribution in [0.2, 0.25) is 0 Å². The molecule has 116 valence electrons. The molecule has 0 saturated heterocycles. The third-order valence-electron chi connectivity index (χ3n) is 3.38. The van der Waals surface area contributed by atoms with Crippen LogP contribution in [0.5, 0.6) is 0 Å². The molecular formula is C19H23BrN2. The first-order valence-electron chi connectivity index (χ1n) is 7.84. The molecule has 1 atom stereocenters. The number of hydrogen-bond donors (Lipinski definition) is 0. The van der Waals surface area contributed by atoms with Crippen molar-refractivity contribution in [2.24, 2.45) is 5.10 Å². The zero-order chi connectivity index (χ0) is 15.6. The summed E-state index contributed by atoms with van der Waals surface area (Å²) in [5.41, 5.74) is 2.16. The van der Waals surface area contributed by atoms with Gasteiger partial charge in [0.05, 0.1) is 11.4 Å². The van der Waals surface area contributed by atoms with E-state index >= 15 is 0 Å². The highest BCUT2D eigenvalue weighted by Crippen LogP contribution is 2.25. The monoisotopic (exact) mass is 358 g/mol. The molecule has 2 rings (SSSR count). The van der Waals surface area contributed by atoms with E-state index in [9.17, 15) is 0 Å². The highest BCUT2D eigenvalue weighted by molar-refractivity contribution is 9.09. The highest BCUT2D eigenvalue weighted by atomic mass is 79.9. The molecule has 0 aliphatic heterocycles. The summed E-state index contributed by atoms with van der Waals surface area (Å²) in [5, 5.41) is 6.67. The molecule has 2 aromatic rings. The Hall–Kier alpha value is -1.61. The fourth-order valence-corrected chi connectivity index (χ4v) is 2.55. The maximum atomic E-state index is 4.68. The van der Waals surface area contributed by atoms with Crippen molar-refractivity contribution in [1.82, 2.24) is 0 Å². The zero-order valence-corrected chi connectivity index (χ0v) is 14.6. The van der Waals surface area contributed by atoms with Crippen molar-refractivity contribution < 1.29 is 0 Å². The molecule has 2 nitrogen and oxygen atoms in total. The number of anilines is 2. The summed E-state index contributed by atoms with van der Waals surface area (Å²) in [6.45, 7) is 2.20. The molecule has 0 bridgehead atoms. The largest absolute Gasteiger partial charge is 0.234 e. The van der Waals surface area contributed by atoms with Crippen molar-refractivity contribution in [3.05, 3.63) is 60.7 Å². The lowest BCUT2D eigenvalue weighted by atomic mass is 10.2. The Morgan fingerprint density at radius 1 is 0.955 bits per heavy atom. The topological polar surface area (TPSA) is 15.6 Å². The SMILES string of the molecule is CC(Br)CCCC/C=N/N(c1ccccc1)c1ccccc1. The van der Waals surface area contributed by atoms with Crippen LogP contribution in [0.1, 0.15) is 32.6 Å². The minimum atomic E-state index is 0.606. The molecule has 2 aromatic carbocycles. The molecule has 0 aromatic heterocycles. The second-order valence-electron chi connectivity index (χ2n) is 5.35. The lowest BCUT2D eigenvalue weighted by Crippen LogP contribution is -2.08. The summed E-state index contributed by atoms with van der Waals surface area (Å²) in [5.74, 6) is 0. The molecule has 0 N–H and O–H groups in total. The third-order valence-corrected chi connectivity index (χ3v) is 3.84. The maximum Gasteiger partial charge on any atom is 0.0652 e. The van der Waals surface area contributed by atoms with Crippen molar-refractivity contribution in [1.29, 1.82) is 0 Å². The Morgan fingerprint density at radius 3 is 2.00 bits per heavy atom. The van der Waals surface area contributed by atoms with Gasteiger partial charge in [-0.25, -0.2) is 5.01 Å². The first-order chi connectivity index (χ1) is 10.8. The van der Waals surface area contributed by atoms with Crippen LogP contribution >= 0.6 is 15.9 Å². The Kier molecular flexibility index (Phi) is 7.17. The third kappa shape index (κ3) is 5.64. The second-order valence-corrected chi connectivity index (χ2v) is 6.91. The van der Waals surface area contributed by atoms with E-state index in [-0.39, 0.29) is 0 Å². The van der Waals surface area contributed by atoms with E-state index in [1.807, 2.05) is 47.6 Å². The number of hydrazone groups is 1. The number of para-hydroxylation sites is 2. The van der Waals surface area contributed by atoms with Crippen LogP contribution in [0.3, 0.4) is 0 Å². The lowest BCUT2D eigenvalue weighted by molar-refractivity contribution is 0.700. The predicted octanol–water partition coefficient (Wildman–Crippen LogP) is 6.15. The van der Waals surface area contributed by atoms with Gasteiger partial charge in [-0.3, -0.25) is 0 Å². The van der Waals surface area contributed by atoms with Gasteiger partial charge in [0.2, 0.25) is 0 Å². The van der Waals surface area contributed by atoms with E-state index in [1.165, 1.54) is 19.3 Å². The summed E-state index contributed by atoms with van der Waals surface area (Å²) >= 11 is 3.59. The molecular weight excluding hydrogens is 336 g/mol. The van der Waals surface area contributed by atoms with Gasteiger partial charge in [0, 0.05) is 11.0 Å². The van der Waals surface area contributed by atoms with E-state index in [4.69, 9.17) is 0 Å². The first kappa shape index (κ1) is 16.8. The Balaban J connectivity index is 2.00. The number of alkyl halides is 1. The quantitative estimate of drug-likeness (QED) is 0.239. The number of nitrogens with zero attached hydrogens (tertiary/aromatic N) is 2. The minimum Gasteiger partial charge on any atom is -0.234 e. The summed E-state index contributed by atoms with van der Waals surface area (Å²) in [6.07, 6.45) is 6.66. The molecule has 0 aliphatic carbocycles. The van der Waals surface area contributed by atoms with E-state index in [2.05, 4.69) is 52.2 Å². The van der Waals surface area contributed by atoms with Gasteiger partial charge in [-0.15, -0.1) is 0 Å². The molecule has 1 unspecified atom stereocenters. The van der Waals surface area contributed by atoms with Crippen LogP contribution in [0.25, 0.3) is 0 Å². The van der Waals surface area contributed by atoms with Crippen LogP contribution in [-0.2, 0) is 0 Å². The predicted molar refractivity (Wildman–Crippen MR) is 100 cm³/mol. The molecule has 0 spiro atoms. The van der Waals surface area contributed by atoms with Gasteiger partial charge >= 0.3 is 0 Å². The normalized spacial score (nSPS) is 12.5. The van der Waals surface area contributed by atoms with Crippen LogP contribution in [0.4, 0.5) is 11.4 Å². The summed E-state index contributed by atoms with van der Waals surface area (Å²) in [4.78, 5) is 0.606. The van der Waals surface area contributed by atoms with Crippen molar-refractivity contribution in [3.63, 3.8) is 0 Å². The number of rotatable bonds is 8. The fraction of sp³-hybridized carbons (Fsp3) is 0.316. The van der Waals surface area contributed by atoms with Gasteiger partial charge < -0.3 is 0 Å². The summed E-state index contributed by atoms with van der Waals surface area (Å²) in [7, 11) is 0. The maximum absolute atomic E-state index is 4.68. The Bertz CT molecular complexity index is 513. The standard InChI is InChI=1S/C19H23BrN2/c1-17(20)11-5-4-10-16-21-22(18-12-6-2-7-13-18)19-14-8-3-9-15-19/h2-3,6-9,12-17H,4-5,10-11H2,1H3/b21-16+. The van der Waals surface area contributed by atoms with E-state index in [0.717, 1.165) is 17.8 Å². The lowest BCUT2D eigenvalue weighted by Gasteiger charge is -2.19. The smallest absolute Gasteiger partial charge is 0.0652 e. The molecule has 0 radical (unpaired) electrons. The van der Waals surface area contributed by atoms with Crippen LogP contribution in [0.15, 0.2) is 65.8 Å². The van der Waals surface area contributed by atoms with Gasteiger partial charge in [0.15, 0.2) is 0 Å². The van der Waals surface area contributed by atoms with Crippen molar-refractivity contribution in [3.8, 4) is 0 Å². The van der Waals surface area contributed by atoms with Crippen LogP contribution in [0, 0.1) is 0 Å². The van der Waals surface area contributed by atoms with Gasteiger partial charge in [-0.2, -0.15) is 5.10 Å². The van der Waals surface area contributed by atoms with Crippen LogP contribution < -0.4 is 5.01 Å². The number of unbranched alkanes of at least 4 members (excludes halogenated alkanes) is 2. The Labute approximate surface area is 142 Å². The summed E-state index contributed by atoms with van der Waals surface area (Å²) in [6, 6.07) is 20.5. The average Bonchev–Trinajstić information content (AvgIpc) is 2.55. The molecule has 3 heteroatoms. The average molecular weight is 359 g/mol. The zero-order valence-electron chi connectivity index (χ0n) is 13.0. The van der Waals surface area contributed by atoms with Crippen LogP contribution in [-0.4, -0.2) is 11.0 Å². The first-order valence-corrected chi connectivity index (χ1v) is 8.75. The van der Waals surface area contributed by atoms with E-state index < -0.39 is 0 Å². The van der Waals surface area contributed by atoms with Gasteiger partial charge in [0.25, 0.3) is 0 Å². The number of halogens is 1. The molecule has 0 aliphatic rings. The van der Waals surface area contributed by atoms with Crippen molar-refractivity contribution >= 4 is 33.5 Å². The second kappa shape index (κ2) is 9.42. The number of benzene rings is 2. The van der Waals surface area contributed by atoms with Gasteiger partial charge in [0.1, 0.15) is 0 Å². The minimum absolute atomic E-state index is 0.606. The highest BCUT2D eigenvalue weighted by Gasteiger charge is 2.05. The van der Waals surface area contributed by atoms with Gasteiger partial charge in [-0.05, 0) is 43.5 Å². The molecule has 0 fully saturated rings. The van der Waals surface area contributed by atoms with E-state index in [0.29, 0.717) is 4.83 Å². The van der Waals surface area contributed by atoms with Crippen molar-refractivity contribution in [2.45, 2.75) is 37.4 Å². The number of hydrogen-bond acceptors (Lipinski definition) is 2. The van der Waals surface area contributed by atoms with Gasteiger partial charge in [-0.1, -0.05) is 65.7 Å². The van der Waals surface area contributed by atoms with E-state index in [1.54, 1.807) is 0 Å².